The van der Waals surface area contributed by atoms with Crippen molar-refractivity contribution in [2.24, 2.45) is 0 Å². The number of carbonyl (C=O) groups excluding carboxylic acids is 1. The van der Waals surface area contributed by atoms with Crippen LogP contribution in [0.5, 0.6) is 0 Å². The van der Waals surface area contributed by atoms with Crippen LogP contribution in [0.4, 0.5) is 14.5 Å². The summed E-state index contributed by atoms with van der Waals surface area (Å²) in [5, 5.41) is 5.98. The Bertz CT molecular complexity index is 580. The third kappa shape index (κ3) is 2.95. The third-order valence-electron chi connectivity index (χ3n) is 2.47. The number of nitrogens with zero attached hydrogens (tertiary/aromatic N) is 3. The summed E-state index contributed by atoms with van der Waals surface area (Å²) in [6.45, 7) is 1.54. The maximum atomic E-state index is 13.6. The minimum atomic E-state index is -0.856. The van der Waals surface area contributed by atoms with Gasteiger partial charge in [0, 0.05) is 4.47 Å². The molecule has 100 valence electrons. The van der Waals surface area contributed by atoms with Gasteiger partial charge in [0.2, 0.25) is 5.91 Å². The van der Waals surface area contributed by atoms with E-state index in [0.29, 0.717) is 0 Å². The van der Waals surface area contributed by atoms with Crippen molar-refractivity contribution in [3.63, 3.8) is 0 Å². The van der Waals surface area contributed by atoms with Crippen molar-refractivity contribution in [2.75, 3.05) is 5.32 Å². The summed E-state index contributed by atoms with van der Waals surface area (Å²) in [6, 6.07) is 1.41. The van der Waals surface area contributed by atoms with Crippen LogP contribution >= 0.6 is 15.9 Å². The van der Waals surface area contributed by atoms with Gasteiger partial charge in [-0.05, 0) is 19.1 Å². The van der Waals surface area contributed by atoms with E-state index >= 15 is 0 Å². The van der Waals surface area contributed by atoms with Crippen molar-refractivity contribution in [1.29, 1.82) is 0 Å². The van der Waals surface area contributed by atoms with Crippen molar-refractivity contribution in [2.45, 2.75) is 13.0 Å². The number of hydrogen-bond donors (Lipinski definition) is 1. The molecule has 0 saturated carbocycles. The Hall–Kier alpha value is -1.83. The lowest BCUT2D eigenvalue weighted by molar-refractivity contribution is -0.119. The number of aromatic nitrogens is 3. The highest BCUT2D eigenvalue weighted by Crippen LogP contribution is 2.24. The van der Waals surface area contributed by atoms with Crippen molar-refractivity contribution in [3.8, 4) is 0 Å². The summed E-state index contributed by atoms with van der Waals surface area (Å²) < 4.78 is 28.7. The summed E-state index contributed by atoms with van der Waals surface area (Å²) in [4.78, 5) is 15.6. The zero-order valence-corrected chi connectivity index (χ0v) is 11.4. The van der Waals surface area contributed by atoms with Gasteiger partial charge in [-0.1, -0.05) is 15.9 Å². The van der Waals surface area contributed by atoms with Gasteiger partial charge in [-0.2, -0.15) is 5.10 Å². The fraction of sp³-hybridized carbons (Fsp3) is 0.182. The minimum absolute atomic E-state index is 0.254. The summed E-state index contributed by atoms with van der Waals surface area (Å²) in [5.41, 5.74) is -0.486. The zero-order chi connectivity index (χ0) is 14.0. The molecule has 0 saturated heterocycles. The number of nitrogens with one attached hydrogen (secondary N) is 1. The van der Waals surface area contributed by atoms with Crippen molar-refractivity contribution in [3.05, 3.63) is 40.9 Å². The summed E-state index contributed by atoms with van der Waals surface area (Å²) in [5.74, 6) is -2.30. The Morgan fingerprint density at radius 3 is 2.58 bits per heavy atom. The van der Waals surface area contributed by atoms with E-state index in [1.807, 2.05) is 0 Å². The average molecular weight is 331 g/mol. The molecule has 1 aromatic carbocycles. The highest BCUT2D eigenvalue weighted by molar-refractivity contribution is 9.10. The molecule has 1 unspecified atom stereocenters. The normalized spacial score (nSPS) is 12.2. The van der Waals surface area contributed by atoms with E-state index in [2.05, 4.69) is 31.3 Å². The number of carbonyl (C=O) groups is 1. The molecule has 1 aromatic heterocycles. The van der Waals surface area contributed by atoms with E-state index in [4.69, 9.17) is 0 Å². The second kappa shape index (κ2) is 5.43. The van der Waals surface area contributed by atoms with E-state index in [9.17, 15) is 13.6 Å². The summed E-state index contributed by atoms with van der Waals surface area (Å²) in [6.07, 6.45) is 2.61. The molecule has 19 heavy (non-hydrogen) atoms. The predicted octanol–water partition coefficient (Wildman–Crippen LogP) is 2.52. The second-order valence-electron chi connectivity index (χ2n) is 3.79. The third-order valence-corrected chi connectivity index (χ3v) is 2.93. The first-order valence-corrected chi connectivity index (χ1v) is 6.08. The standard InChI is InChI=1S/C11H9BrF2N4O/c1-6(18-5-15-4-16-18)11(19)17-10-8(13)2-7(12)3-9(10)14/h2-6H,1H3,(H,17,19). The molecule has 0 spiro atoms. The van der Waals surface area contributed by atoms with Crippen LogP contribution in [0, 0.1) is 11.6 Å². The highest BCUT2D eigenvalue weighted by Gasteiger charge is 2.19. The van der Waals surface area contributed by atoms with Gasteiger partial charge in [0.15, 0.2) is 11.6 Å². The molecule has 2 aromatic rings. The van der Waals surface area contributed by atoms with Gasteiger partial charge in [0.05, 0.1) is 0 Å². The predicted molar refractivity (Wildman–Crippen MR) is 67.4 cm³/mol. The Morgan fingerprint density at radius 2 is 2.05 bits per heavy atom. The van der Waals surface area contributed by atoms with Crippen molar-refractivity contribution in [1.82, 2.24) is 14.8 Å². The smallest absolute Gasteiger partial charge is 0.249 e. The van der Waals surface area contributed by atoms with Gasteiger partial charge < -0.3 is 5.32 Å². The zero-order valence-electron chi connectivity index (χ0n) is 9.77. The van der Waals surface area contributed by atoms with E-state index in [1.54, 1.807) is 6.92 Å². The minimum Gasteiger partial charge on any atom is -0.319 e. The van der Waals surface area contributed by atoms with Crippen molar-refractivity contribution < 1.29 is 13.6 Å². The van der Waals surface area contributed by atoms with Gasteiger partial charge in [0.1, 0.15) is 24.4 Å². The maximum absolute atomic E-state index is 13.6. The number of benzene rings is 1. The van der Waals surface area contributed by atoms with Crippen LogP contribution in [-0.2, 0) is 4.79 Å². The number of hydrogen-bond acceptors (Lipinski definition) is 3. The van der Waals surface area contributed by atoms with Crippen molar-refractivity contribution >= 4 is 27.5 Å². The molecule has 0 aliphatic carbocycles. The summed E-state index contributed by atoms with van der Waals surface area (Å²) in [7, 11) is 0. The molecule has 8 heteroatoms. The van der Waals surface area contributed by atoms with E-state index in [-0.39, 0.29) is 4.47 Å². The molecule has 0 fully saturated rings. The molecule has 0 aliphatic heterocycles. The van der Waals surface area contributed by atoms with E-state index in [0.717, 1.165) is 12.1 Å². The maximum Gasteiger partial charge on any atom is 0.249 e. The monoisotopic (exact) mass is 330 g/mol. The molecule has 0 aliphatic rings. The SMILES string of the molecule is CC(C(=O)Nc1c(F)cc(Br)cc1F)n1cncn1. The van der Waals surface area contributed by atoms with Gasteiger partial charge in [-0.25, -0.2) is 18.4 Å². The summed E-state index contributed by atoms with van der Waals surface area (Å²) >= 11 is 2.96. The van der Waals surface area contributed by atoms with Crippen LogP contribution in [-0.4, -0.2) is 20.7 Å². The molecule has 1 N–H and O–H groups in total. The van der Waals surface area contributed by atoms with Gasteiger partial charge in [0.25, 0.3) is 0 Å². The van der Waals surface area contributed by atoms with E-state index in [1.165, 1.54) is 17.3 Å². The molecule has 1 heterocycles. The largest absolute Gasteiger partial charge is 0.319 e. The quantitative estimate of drug-likeness (QED) is 0.940. The van der Waals surface area contributed by atoms with E-state index < -0.39 is 29.3 Å². The van der Waals surface area contributed by atoms with Crippen LogP contribution in [0.25, 0.3) is 0 Å². The van der Waals surface area contributed by atoms with Crippen LogP contribution in [0.3, 0.4) is 0 Å². The fourth-order valence-electron chi connectivity index (χ4n) is 1.43. The second-order valence-corrected chi connectivity index (χ2v) is 4.70. The van der Waals surface area contributed by atoms with Gasteiger partial charge in [-0.15, -0.1) is 0 Å². The highest BCUT2D eigenvalue weighted by atomic mass is 79.9. The fourth-order valence-corrected chi connectivity index (χ4v) is 1.83. The molecule has 5 nitrogen and oxygen atoms in total. The molecule has 1 amide bonds. The Labute approximate surface area is 115 Å². The average Bonchev–Trinajstić information content (AvgIpc) is 2.86. The first kappa shape index (κ1) is 13.6. The molecule has 2 rings (SSSR count). The number of halogens is 3. The molecular formula is C11H9BrF2N4O. The lowest BCUT2D eigenvalue weighted by atomic mass is 10.2. The van der Waals surface area contributed by atoms with Gasteiger partial charge in [-0.3, -0.25) is 4.79 Å². The number of anilines is 1. The van der Waals surface area contributed by atoms with Crippen LogP contribution in [0.2, 0.25) is 0 Å². The Balaban J connectivity index is 2.20. The van der Waals surface area contributed by atoms with Crippen LogP contribution in [0.1, 0.15) is 13.0 Å². The molecule has 0 radical (unpaired) electrons. The topological polar surface area (TPSA) is 59.8 Å². The van der Waals surface area contributed by atoms with Crippen LogP contribution in [0.15, 0.2) is 29.3 Å². The number of amides is 1. The molecule has 1 atom stereocenters. The first-order chi connectivity index (χ1) is 8.99. The Kier molecular flexibility index (Phi) is 3.89. The lowest BCUT2D eigenvalue weighted by Crippen LogP contribution is -2.25. The van der Waals surface area contributed by atoms with Crippen LogP contribution < -0.4 is 5.32 Å². The molecular weight excluding hydrogens is 322 g/mol. The Morgan fingerprint density at radius 1 is 1.42 bits per heavy atom. The number of rotatable bonds is 3. The van der Waals surface area contributed by atoms with Gasteiger partial charge >= 0.3 is 0 Å². The molecule has 0 bridgehead atoms. The first-order valence-electron chi connectivity index (χ1n) is 5.28. The lowest BCUT2D eigenvalue weighted by Gasteiger charge is -2.13.